The van der Waals surface area contributed by atoms with Gasteiger partial charge in [-0.15, -0.1) is 0 Å². The molecule has 2 N–H and O–H groups in total. The van der Waals surface area contributed by atoms with E-state index in [-0.39, 0.29) is 12.1 Å². The number of rotatable bonds is 7. The van der Waals surface area contributed by atoms with Crippen LogP contribution in [0.3, 0.4) is 0 Å². The zero-order valence-electron chi connectivity index (χ0n) is 11.8. The lowest BCUT2D eigenvalue weighted by molar-refractivity contribution is 0.163. The largest absolute Gasteiger partial charge is 0.394 e. The van der Waals surface area contributed by atoms with Crippen LogP contribution < -0.4 is 5.32 Å². The number of halogens is 1. The van der Waals surface area contributed by atoms with Gasteiger partial charge in [-0.2, -0.15) is 5.10 Å². The van der Waals surface area contributed by atoms with Crippen LogP contribution in [0.5, 0.6) is 0 Å². The number of hydrogen-bond acceptors (Lipinski definition) is 3. The second-order valence-corrected chi connectivity index (χ2v) is 5.85. The molecule has 0 spiro atoms. The van der Waals surface area contributed by atoms with Crippen molar-refractivity contribution in [1.29, 1.82) is 0 Å². The van der Waals surface area contributed by atoms with Crippen molar-refractivity contribution < 1.29 is 5.11 Å². The third-order valence-electron chi connectivity index (χ3n) is 3.34. The molecule has 0 fully saturated rings. The van der Waals surface area contributed by atoms with E-state index in [9.17, 15) is 5.11 Å². The molecule has 0 aliphatic heterocycles. The Bertz CT molecular complexity index is 392. The molecule has 1 unspecified atom stereocenters. The summed E-state index contributed by atoms with van der Waals surface area (Å²) in [6.07, 6.45) is 1.94. The Kier molecular flexibility index (Phi) is 5.82. The van der Waals surface area contributed by atoms with E-state index in [1.54, 1.807) is 0 Å². The Morgan fingerprint density at radius 1 is 1.44 bits per heavy atom. The van der Waals surface area contributed by atoms with Gasteiger partial charge in [-0.05, 0) is 56.1 Å². The van der Waals surface area contributed by atoms with Gasteiger partial charge in [0.2, 0.25) is 0 Å². The van der Waals surface area contributed by atoms with Gasteiger partial charge in [0.05, 0.1) is 16.8 Å². The lowest BCUT2D eigenvalue weighted by Crippen LogP contribution is -2.45. The molecule has 0 saturated carbocycles. The highest BCUT2D eigenvalue weighted by Gasteiger charge is 2.21. The second kappa shape index (κ2) is 6.68. The third kappa shape index (κ3) is 3.80. The Labute approximate surface area is 118 Å². The quantitative estimate of drug-likeness (QED) is 0.812. The molecule has 18 heavy (non-hydrogen) atoms. The van der Waals surface area contributed by atoms with E-state index in [1.807, 2.05) is 11.6 Å². The van der Waals surface area contributed by atoms with E-state index in [2.05, 4.69) is 47.1 Å². The summed E-state index contributed by atoms with van der Waals surface area (Å²) in [5.41, 5.74) is 2.02. The van der Waals surface area contributed by atoms with E-state index < -0.39 is 0 Å². The predicted molar refractivity (Wildman–Crippen MR) is 77.8 cm³/mol. The molecule has 0 bridgehead atoms. The van der Waals surface area contributed by atoms with Gasteiger partial charge >= 0.3 is 0 Å². The van der Waals surface area contributed by atoms with Crippen molar-refractivity contribution in [3.8, 4) is 0 Å². The van der Waals surface area contributed by atoms with Gasteiger partial charge in [-0.3, -0.25) is 4.68 Å². The third-order valence-corrected chi connectivity index (χ3v) is 4.49. The van der Waals surface area contributed by atoms with Gasteiger partial charge in [0, 0.05) is 17.8 Å². The first-order valence-electron chi connectivity index (χ1n) is 6.49. The summed E-state index contributed by atoms with van der Waals surface area (Å²) >= 11 is 3.53. The first kappa shape index (κ1) is 15.7. The SMILES string of the molecule is CCNC(C)(CO)CCCn1nc(C)c(Br)c1C. The minimum Gasteiger partial charge on any atom is -0.394 e. The van der Waals surface area contributed by atoms with Gasteiger partial charge in [-0.25, -0.2) is 0 Å². The molecule has 1 heterocycles. The number of likely N-dealkylation sites (N-methyl/N-ethyl adjacent to an activating group) is 1. The van der Waals surface area contributed by atoms with Crippen LogP contribution in [0.15, 0.2) is 4.47 Å². The van der Waals surface area contributed by atoms with Crippen molar-refractivity contribution in [2.45, 2.75) is 52.6 Å². The van der Waals surface area contributed by atoms with E-state index >= 15 is 0 Å². The van der Waals surface area contributed by atoms with Crippen molar-refractivity contribution in [3.05, 3.63) is 15.9 Å². The second-order valence-electron chi connectivity index (χ2n) is 5.06. The molecular formula is C13H24BrN3O. The lowest BCUT2D eigenvalue weighted by atomic mass is 9.97. The summed E-state index contributed by atoms with van der Waals surface area (Å²) in [7, 11) is 0. The van der Waals surface area contributed by atoms with Crippen LogP contribution in [0.4, 0.5) is 0 Å². The van der Waals surface area contributed by atoms with Crippen LogP contribution in [0.1, 0.15) is 38.1 Å². The molecule has 104 valence electrons. The van der Waals surface area contributed by atoms with E-state index in [0.717, 1.165) is 36.1 Å². The fraction of sp³-hybridized carbons (Fsp3) is 0.769. The molecule has 0 aliphatic carbocycles. The van der Waals surface area contributed by atoms with Crippen molar-refractivity contribution in [1.82, 2.24) is 15.1 Å². The molecule has 0 aliphatic rings. The van der Waals surface area contributed by atoms with Gasteiger partial charge in [-0.1, -0.05) is 6.92 Å². The molecule has 5 heteroatoms. The number of aliphatic hydroxyl groups is 1. The molecule has 0 amide bonds. The number of nitrogens with one attached hydrogen (secondary N) is 1. The summed E-state index contributed by atoms with van der Waals surface area (Å²) in [4.78, 5) is 0. The molecule has 0 radical (unpaired) electrons. The van der Waals surface area contributed by atoms with Crippen LogP contribution in [0.25, 0.3) is 0 Å². The maximum Gasteiger partial charge on any atom is 0.0738 e. The number of aryl methyl sites for hydroxylation is 2. The highest BCUT2D eigenvalue weighted by molar-refractivity contribution is 9.10. The first-order chi connectivity index (χ1) is 8.43. The lowest BCUT2D eigenvalue weighted by Gasteiger charge is -2.28. The van der Waals surface area contributed by atoms with E-state index in [4.69, 9.17) is 0 Å². The molecule has 0 aromatic carbocycles. The Morgan fingerprint density at radius 2 is 2.11 bits per heavy atom. The van der Waals surface area contributed by atoms with Crippen LogP contribution in [0, 0.1) is 13.8 Å². The van der Waals surface area contributed by atoms with Gasteiger partial charge in [0.15, 0.2) is 0 Å². The van der Waals surface area contributed by atoms with Crippen LogP contribution >= 0.6 is 15.9 Å². The van der Waals surface area contributed by atoms with Crippen molar-refractivity contribution in [2.75, 3.05) is 13.2 Å². The number of hydrogen-bond donors (Lipinski definition) is 2. The van der Waals surface area contributed by atoms with Crippen LogP contribution in [0.2, 0.25) is 0 Å². The maximum atomic E-state index is 9.42. The summed E-state index contributed by atoms with van der Waals surface area (Å²) in [6, 6.07) is 0. The number of aromatic nitrogens is 2. The predicted octanol–water partition coefficient (Wildman–Crippen LogP) is 2.40. The topological polar surface area (TPSA) is 50.1 Å². The smallest absolute Gasteiger partial charge is 0.0738 e. The molecule has 1 rings (SSSR count). The summed E-state index contributed by atoms with van der Waals surface area (Å²) < 4.78 is 3.13. The fourth-order valence-electron chi connectivity index (χ4n) is 2.16. The van der Waals surface area contributed by atoms with Gasteiger partial charge in [0.1, 0.15) is 0 Å². The molecule has 1 aromatic heterocycles. The Morgan fingerprint density at radius 3 is 2.56 bits per heavy atom. The van der Waals surface area contributed by atoms with Crippen LogP contribution in [-0.2, 0) is 6.54 Å². The summed E-state index contributed by atoms with van der Waals surface area (Å²) in [5.74, 6) is 0. The number of aliphatic hydroxyl groups excluding tert-OH is 1. The maximum absolute atomic E-state index is 9.42. The van der Waals surface area contributed by atoms with Crippen LogP contribution in [-0.4, -0.2) is 33.6 Å². The van der Waals surface area contributed by atoms with E-state index in [1.165, 1.54) is 5.69 Å². The molecule has 1 atom stereocenters. The summed E-state index contributed by atoms with van der Waals surface area (Å²) in [6.45, 7) is 10.1. The average Bonchev–Trinajstić information content (AvgIpc) is 2.57. The zero-order valence-corrected chi connectivity index (χ0v) is 13.3. The van der Waals surface area contributed by atoms with Gasteiger partial charge in [0.25, 0.3) is 0 Å². The Balaban J connectivity index is 2.53. The minimum atomic E-state index is -0.178. The first-order valence-corrected chi connectivity index (χ1v) is 7.28. The highest BCUT2D eigenvalue weighted by atomic mass is 79.9. The summed E-state index contributed by atoms with van der Waals surface area (Å²) in [5, 5.41) is 17.2. The van der Waals surface area contributed by atoms with Crippen molar-refractivity contribution in [2.24, 2.45) is 0 Å². The normalized spacial score (nSPS) is 14.8. The molecule has 1 aromatic rings. The standard InChI is InChI=1S/C13H24BrN3O/c1-5-15-13(4,9-18)7-6-8-17-11(3)12(14)10(2)16-17/h15,18H,5-9H2,1-4H3. The van der Waals surface area contributed by atoms with E-state index in [0.29, 0.717) is 0 Å². The minimum absolute atomic E-state index is 0.168. The fourth-order valence-corrected chi connectivity index (χ4v) is 2.45. The zero-order chi connectivity index (χ0) is 13.8. The molecule has 4 nitrogen and oxygen atoms in total. The molecular weight excluding hydrogens is 294 g/mol. The van der Waals surface area contributed by atoms with Crippen molar-refractivity contribution in [3.63, 3.8) is 0 Å². The van der Waals surface area contributed by atoms with Crippen molar-refractivity contribution >= 4 is 15.9 Å². The van der Waals surface area contributed by atoms with Gasteiger partial charge < -0.3 is 10.4 Å². The highest BCUT2D eigenvalue weighted by Crippen LogP contribution is 2.20. The monoisotopic (exact) mass is 317 g/mol. The average molecular weight is 318 g/mol. The number of nitrogens with zero attached hydrogens (tertiary/aromatic N) is 2. The molecule has 0 saturated heterocycles. The Hall–Kier alpha value is -0.390.